The number of carbonyl (C=O) groups is 2. The first-order valence-electron chi connectivity index (χ1n) is 8.17. The second kappa shape index (κ2) is 5.48. The topological polar surface area (TPSA) is 63.6 Å². The number of rotatable bonds is 5. The van der Waals surface area contributed by atoms with E-state index in [9.17, 15) is 9.59 Å². The van der Waals surface area contributed by atoms with Crippen molar-refractivity contribution in [2.75, 3.05) is 7.11 Å². The van der Waals surface area contributed by atoms with Crippen molar-refractivity contribution in [1.82, 2.24) is 0 Å². The number of aryl methyl sites for hydroxylation is 2. The molecule has 0 amide bonds. The fourth-order valence-electron chi connectivity index (χ4n) is 3.94. The Hall–Kier alpha value is -2.62. The monoisotopic (exact) mass is 322 g/mol. The number of hydrogen-bond acceptors (Lipinski definition) is 3. The lowest BCUT2D eigenvalue weighted by molar-refractivity contribution is -0.136. The number of hydrogen-bond donors (Lipinski definition) is 1. The maximum absolute atomic E-state index is 12.3. The summed E-state index contributed by atoms with van der Waals surface area (Å²) >= 11 is 0. The lowest BCUT2D eigenvalue weighted by Gasteiger charge is -2.20. The third-order valence-corrected chi connectivity index (χ3v) is 5.00. The number of carboxylic acid groups (broad SMARTS) is 1. The molecule has 2 aliphatic carbocycles. The van der Waals surface area contributed by atoms with Gasteiger partial charge in [0.15, 0.2) is 5.78 Å². The normalized spacial score (nSPS) is 13.5. The molecule has 0 heterocycles. The largest absolute Gasteiger partial charge is 0.497 e. The second-order valence-corrected chi connectivity index (χ2v) is 6.48. The average molecular weight is 322 g/mol. The Kier molecular flexibility index (Phi) is 3.41. The molecular weight excluding hydrogens is 304 g/mol. The zero-order chi connectivity index (χ0) is 16.8. The van der Waals surface area contributed by atoms with E-state index in [-0.39, 0.29) is 18.6 Å². The van der Waals surface area contributed by atoms with E-state index in [2.05, 4.69) is 12.1 Å². The van der Waals surface area contributed by atoms with Gasteiger partial charge in [-0.1, -0.05) is 0 Å². The number of carboxylic acids is 1. The molecule has 0 aromatic heterocycles. The third kappa shape index (κ3) is 2.30. The van der Waals surface area contributed by atoms with Crippen molar-refractivity contribution in [2.45, 2.75) is 32.1 Å². The summed E-state index contributed by atoms with van der Waals surface area (Å²) in [5.74, 6) is -0.136. The van der Waals surface area contributed by atoms with Gasteiger partial charge in [0.1, 0.15) is 5.75 Å². The van der Waals surface area contributed by atoms with Crippen LogP contribution in [0.2, 0.25) is 0 Å². The summed E-state index contributed by atoms with van der Waals surface area (Å²) in [7, 11) is 1.68. The highest BCUT2D eigenvalue weighted by Crippen LogP contribution is 2.46. The third-order valence-electron chi connectivity index (χ3n) is 5.00. The lowest BCUT2D eigenvalue weighted by atomic mass is 9.84. The minimum Gasteiger partial charge on any atom is -0.497 e. The molecule has 0 unspecified atom stereocenters. The molecule has 2 aromatic carbocycles. The maximum atomic E-state index is 12.3. The van der Waals surface area contributed by atoms with Crippen LogP contribution in [0.5, 0.6) is 5.75 Å². The summed E-state index contributed by atoms with van der Waals surface area (Å²) in [6.07, 6.45) is 2.59. The van der Waals surface area contributed by atoms with E-state index in [0.717, 1.165) is 25.0 Å². The average Bonchev–Trinajstić information content (AvgIpc) is 2.95. The second-order valence-electron chi connectivity index (χ2n) is 6.48. The maximum Gasteiger partial charge on any atom is 0.303 e. The fourth-order valence-corrected chi connectivity index (χ4v) is 3.94. The van der Waals surface area contributed by atoms with Crippen molar-refractivity contribution in [3.8, 4) is 16.9 Å². The van der Waals surface area contributed by atoms with Gasteiger partial charge in [0.05, 0.1) is 13.5 Å². The molecule has 24 heavy (non-hydrogen) atoms. The molecule has 4 nitrogen and oxygen atoms in total. The minimum atomic E-state index is -0.935. The van der Waals surface area contributed by atoms with E-state index in [1.165, 1.54) is 33.4 Å². The molecule has 4 heteroatoms. The molecule has 0 bridgehead atoms. The number of ketones is 1. The lowest BCUT2D eigenvalue weighted by Crippen LogP contribution is -2.08. The summed E-state index contributed by atoms with van der Waals surface area (Å²) in [5, 5.41) is 8.78. The Morgan fingerprint density at radius 1 is 0.958 bits per heavy atom. The van der Waals surface area contributed by atoms with Gasteiger partial charge in [0.25, 0.3) is 0 Å². The predicted octanol–water partition coefficient (Wildman–Crippen LogP) is 3.41. The van der Waals surface area contributed by atoms with Crippen molar-refractivity contribution in [3.63, 3.8) is 0 Å². The molecule has 0 fully saturated rings. The summed E-state index contributed by atoms with van der Waals surface area (Å²) in [6, 6.07) is 8.11. The van der Waals surface area contributed by atoms with Crippen LogP contribution in [-0.2, 0) is 24.1 Å². The van der Waals surface area contributed by atoms with Gasteiger partial charge >= 0.3 is 5.97 Å². The Labute approximate surface area is 140 Å². The van der Waals surface area contributed by atoms with Crippen LogP contribution in [0.3, 0.4) is 0 Å². The van der Waals surface area contributed by atoms with Crippen LogP contribution in [0.25, 0.3) is 11.1 Å². The molecule has 1 N–H and O–H groups in total. The first-order valence-corrected chi connectivity index (χ1v) is 8.17. The summed E-state index contributed by atoms with van der Waals surface area (Å²) in [4.78, 5) is 23.0. The first kappa shape index (κ1) is 14.9. The highest BCUT2D eigenvalue weighted by atomic mass is 16.5. The van der Waals surface area contributed by atoms with Gasteiger partial charge in [-0.25, -0.2) is 0 Å². The van der Waals surface area contributed by atoms with E-state index < -0.39 is 5.97 Å². The van der Waals surface area contributed by atoms with Gasteiger partial charge in [0.2, 0.25) is 0 Å². The van der Waals surface area contributed by atoms with E-state index in [4.69, 9.17) is 9.84 Å². The number of benzene rings is 2. The Balaban J connectivity index is 1.75. The number of ether oxygens (including phenoxy) is 1. The predicted molar refractivity (Wildman–Crippen MR) is 89.8 cm³/mol. The summed E-state index contributed by atoms with van der Waals surface area (Å²) in [6.45, 7) is 0. The van der Waals surface area contributed by atoms with E-state index >= 15 is 0 Å². The van der Waals surface area contributed by atoms with Crippen LogP contribution in [0.4, 0.5) is 0 Å². The Morgan fingerprint density at radius 3 is 2.21 bits per heavy atom. The summed E-state index contributed by atoms with van der Waals surface area (Å²) < 4.78 is 5.41. The highest BCUT2D eigenvalue weighted by molar-refractivity contribution is 5.99. The molecule has 0 radical (unpaired) electrons. The van der Waals surface area contributed by atoms with E-state index in [0.29, 0.717) is 5.56 Å². The van der Waals surface area contributed by atoms with Gasteiger partial charge in [-0.3, -0.25) is 9.59 Å². The zero-order valence-electron chi connectivity index (χ0n) is 13.5. The highest BCUT2D eigenvalue weighted by Gasteiger charge is 2.29. The van der Waals surface area contributed by atoms with Crippen LogP contribution in [0.1, 0.15) is 45.5 Å². The molecule has 0 aliphatic heterocycles. The van der Waals surface area contributed by atoms with Gasteiger partial charge in [0, 0.05) is 12.0 Å². The van der Waals surface area contributed by atoms with Crippen LogP contribution in [0.15, 0.2) is 24.3 Å². The molecule has 4 rings (SSSR count). The Morgan fingerprint density at radius 2 is 1.54 bits per heavy atom. The van der Waals surface area contributed by atoms with Gasteiger partial charge in [-0.05, 0) is 76.9 Å². The van der Waals surface area contributed by atoms with Crippen LogP contribution in [0, 0.1) is 0 Å². The number of methoxy groups -OCH3 is 1. The molecular formula is C20H18O4. The smallest absolute Gasteiger partial charge is 0.303 e. The molecule has 0 atom stereocenters. The number of Topliss-reactive ketones (excluding diaryl/α,β-unsaturated/α-hetero) is 1. The number of carbonyl (C=O) groups excluding carboxylic acids is 1. The van der Waals surface area contributed by atoms with Crippen LogP contribution >= 0.6 is 0 Å². The standard InChI is InChI=1S/C20H18O4/c1-24-16-9-12-3-2-11-6-13(17(21)4-5-18(22)23)7-14-8-15(10-16)20(12)19(11)14/h6-7,9-10H,2-5,8H2,1H3,(H,22,23). The van der Waals surface area contributed by atoms with E-state index in [1.807, 2.05) is 12.1 Å². The fraction of sp³-hybridized carbons (Fsp3) is 0.300. The first-order chi connectivity index (χ1) is 11.6. The quantitative estimate of drug-likeness (QED) is 0.731. The van der Waals surface area contributed by atoms with Crippen LogP contribution in [-0.4, -0.2) is 24.0 Å². The minimum absolute atomic E-state index is 0.0551. The van der Waals surface area contributed by atoms with Crippen molar-refractivity contribution in [1.29, 1.82) is 0 Å². The molecule has 2 aliphatic rings. The Bertz CT molecular complexity index is 880. The van der Waals surface area contributed by atoms with Gasteiger partial charge in [-0.2, -0.15) is 0 Å². The SMILES string of the molecule is COc1cc2c3c(c1)Cc1cc(C(=O)CCC(=O)O)cc(c1-3)CC2. The van der Waals surface area contributed by atoms with Crippen molar-refractivity contribution < 1.29 is 19.4 Å². The molecule has 2 aromatic rings. The molecule has 0 spiro atoms. The van der Waals surface area contributed by atoms with Crippen molar-refractivity contribution in [2.24, 2.45) is 0 Å². The van der Waals surface area contributed by atoms with Crippen molar-refractivity contribution >= 4 is 11.8 Å². The van der Waals surface area contributed by atoms with Crippen molar-refractivity contribution in [3.05, 3.63) is 52.1 Å². The molecule has 122 valence electrons. The van der Waals surface area contributed by atoms with Gasteiger partial charge < -0.3 is 9.84 Å². The molecule has 0 saturated heterocycles. The van der Waals surface area contributed by atoms with Crippen LogP contribution < -0.4 is 4.74 Å². The number of aliphatic carboxylic acids is 1. The zero-order valence-corrected chi connectivity index (χ0v) is 13.5. The van der Waals surface area contributed by atoms with E-state index in [1.54, 1.807) is 7.11 Å². The summed E-state index contributed by atoms with van der Waals surface area (Å²) in [5.41, 5.74) is 8.21. The van der Waals surface area contributed by atoms with Gasteiger partial charge in [-0.15, -0.1) is 0 Å². The molecule has 0 saturated carbocycles.